The molecule has 5 rings (SSSR count). The molecule has 1 aliphatic heterocycles. The van der Waals surface area contributed by atoms with Crippen molar-refractivity contribution in [1.82, 2.24) is 15.5 Å². The lowest BCUT2D eigenvalue weighted by molar-refractivity contribution is -0.0371. The van der Waals surface area contributed by atoms with Crippen LogP contribution in [0.15, 0.2) is 72.1 Å². The quantitative estimate of drug-likeness (QED) is 0.447. The normalized spacial score (nSPS) is 15.6. The molecule has 0 saturated heterocycles. The second-order valence-electron chi connectivity index (χ2n) is 7.07. The standard InChI is InChI=1S/C24H19N3O3S/c1-15-12-13-31-22(15)23(28)25-21-14-29-24(30-21)17-7-3-2-6-16(17)10-11-20-18-8-4-5-9-19(18)26-27-20/h2-14,24H,1H3,(H,25,28)(H,26,27)/b11-10+. The van der Waals surface area contributed by atoms with E-state index in [4.69, 9.17) is 9.47 Å². The molecule has 0 radical (unpaired) electrons. The van der Waals surface area contributed by atoms with Gasteiger partial charge in [0.05, 0.1) is 16.1 Å². The highest BCUT2D eigenvalue weighted by molar-refractivity contribution is 7.12. The van der Waals surface area contributed by atoms with E-state index in [0.717, 1.165) is 33.3 Å². The molecule has 4 aromatic rings. The van der Waals surface area contributed by atoms with Gasteiger partial charge in [0.15, 0.2) is 0 Å². The topological polar surface area (TPSA) is 76.2 Å². The van der Waals surface area contributed by atoms with E-state index in [1.807, 2.05) is 79.1 Å². The molecule has 0 bridgehead atoms. The van der Waals surface area contributed by atoms with Gasteiger partial charge in [0, 0.05) is 10.9 Å². The van der Waals surface area contributed by atoms with Crippen molar-refractivity contribution in [1.29, 1.82) is 0 Å². The van der Waals surface area contributed by atoms with Crippen LogP contribution < -0.4 is 5.32 Å². The summed E-state index contributed by atoms with van der Waals surface area (Å²) in [4.78, 5) is 13.1. The number of carbonyl (C=O) groups is 1. The van der Waals surface area contributed by atoms with Crippen molar-refractivity contribution in [2.75, 3.05) is 0 Å². The van der Waals surface area contributed by atoms with E-state index in [0.29, 0.717) is 10.8 Å². The van der Waals surface area contributed by atoms with Crippen LogP contribution in [0.4, 0.5) is 0 Å². The van der Waals surface area contributed by atoms with E-state index in [2.05, 4.69) is 15.5 Å². The number of fused-ring (bicyclic) bond motifs is 1. The van der Waals surface area contributed by atoms with Crippen molar-refractivity contribution in [2.24, 2.45) is 0 Å². The maximum Gasteiger partial charge on any atom is 0.269 e. The third kappa shape index (κ3) is 3.83. The first-order valence-corrected chi connectivity index (χ1v) is 10.6. The number of nitrogens with one attached hydrogen (secondary N) is 2. The summed E-state index contributed by atoms with van der Waals surface area (Å²) in [6.07, 6.45) is 4.74. The predicted molar refractivity (Wildman–Crippen MR) is 121 cm³/mol. The molecule has 2 N–H and O–H groups in total. The summed E-state index contributed by atoms with van der Waals surface area (Å²) in [6, 6.07) is 17.7. The Morgan fingerprint density at radius 3 is 2.84 bits per heavy atom. The van der Waals surface area contributed by atoms with Crippen LogP contribution in [0.2, 0.25) is 0 Å². The number of nitrogens with zero attached hydrogens (tertiary/aromatic N) is 1. The molecule has 1 unspecified atom stereocenters. The number of aryl methyl sites for hydroxylation is 1. The number of amides is 1. The molecule has 0 saturated carbocycles. The Kier molecular flexibility index (Phi) is 5.01. The van der Waals surface area contributed by atoms with E-state index >= 15 is 0 Å². The lowest BCUT2D eigenvalue weighted by Gasteiger charge is -2.14. The average Bonchev–Trinajstić information content (AvgIpc) is 3.52. The second-order valence-corrected chi connectivity index (χ2v) is 7.99. The number of para-hydroxylation sites is 1. The van der Waals surface area contributed by atoms with Gasteiger partial charge in [-0.1, -0.05) is 48.5 Å². The second kappa shape index (κ2) is 8.12. The molecule has 0 fully saturated rings. The largest absolute Gasteiger partial charge is 0.453 e. The number of aromatic nitrogens is 2. The van der Waals surface area contributed by atoms with E-state index in [9.17, 15) is 4.79 Å². The highest BCUT2D eigenvalue weighted by atomic mass is 32.1. The Balaban J connectivity index is 1.32. The van der Waals surface area contributed by atoms with Crippen LogP contribution in [-0.2, 0) is 9.47 Å². The zero-order chi connectivity index (χ0) is 21.2. The lowest BCUT2D eigenvalue weighted by Crippen LogP contribution is -2.23. The number of H-pyrrole nitrogens is 1. The molecule has 2 aromatic carbocycles. The van der Waals surface area contributed by atoms with Gasteiger partial charge in [-0.2, -0.15) is 5.10 Å². The SMILES string of the molecule is Cc1ccsc1C(=O)NC1=COC(c2ccccc2/C=C/c2n[nH]c3ccccc23)O1. The van der Waals surface area contributed by atoms with Crippen molar-refractivity contribution >= 4 is 40.3 Å². The summed E-state index contributed by atoms with van der Waals surface area (Å²) < 4.78 is 11.6. The monoisotopic (exact) mass is 429 g/mol. The third-order valence-electron chi connectivity index (χ3n) is 5.01. The first-order valence-electron chi connectivity index (χ1n) is 9.77. The summed E-state index contributed by atoms with van der Waals surface area (Å²) >= 11 is 1.39. The highest BCUT2D eigenvalue weighted by Gasteiger charge is 2.25. The number of hydrogen-bond donors (Lipinski definition) is 2. The molecule has 2 aromatic heterocycles. The van der Waals surface area contributed by atoms with Gasteiger partial charge in [-0.3, -0.25) is 15.2 Å². The Labute approximate surface area is 182 Å². The van der Waals surface area contributed by atoms with Crippen LogP contribution in [0.3, 0.4) is 0 Å². The summed E-state index contributed by atoms with van der Waals surface area (Å²) in [5.74, 6) is 0.0847. The Morgan fingerprint density at radius 1 is 1.13 bits per heavy atom. The molecule has 7 heteroatoms. The van der Waals surface area contributed by atoms with Gasteiger partial charge in [0.25, 0.3) is 12.2 Å². The fraction of sp³-hybridized carbons (Fsp3) is 0.0833. The van der Waals surface area contributed by atoms with Crippen LogP contribution in [0.1, 0.15) is 38.3 Å². The number of benzene rings is 2. The number of carbonyl (C=O) groups excluding carboxylic acids is 1. The Bertz CT molecular complexity index is 1320. The van der Waals surface area contributed by atoms with Gasteiger partial charge in [-0.25, -0.2) is 0 Å². The molecule has 0 aliphatic carbocycles. The van der Waals surface area contributed by atoms with Crippen molar-refractivity contribution in [2.45, 2.75) is 13.2 Å². The molecule has 154 valence electrons. The Morgan fingerprint density at radius 2 is 1.97 bits per heavy atom. The molecule has 1 aliphatic rings. The first kappa shape index (κ1) is 19.1. The summed E-state index contributed by atoms with van der Waals surface area (Å²) in [5.41, 5.74) is 4.57. The van der Waals surface area contributed by atoms with Crippen LogP contribution in [0, 0.1) is 6.92 Å². The molecular formula is C24H19N3O3S. The van der Waals surface area contributed by atoms with Crippen molar-refractivity contribution < 1.29 is 14.3 Å². The molecule has 0 spiro atoms. The van der Waals surface area contributed by atoms with E-state index in [1.54, 1.807) is 0 Å². The van der Waals surface area contributed by atoms with Crippen LogP contribution in [0.25, 0.3) is 23.1 Å². The molecule has 6 nitrogen and oxygen atoms in total. The number of thiophene rings is 1. The first-order chi connectivity index (χ1) is 15.2. The van der Waals surface area contributed by atoms with E-state index in [-0.39, 0.29) is 5.91 Å². The summed E-state index contributed by atoms with van der Waals surface area (Å²) in [7, 11) is 0. The molecule has 1 amide bonds. The van der Waals surface area contributed by atoms with Gasteiger partial charge in [0.2, 0.25) is 5.88 Å². The maximum atomic E-state index is 12.4. The minimum atomic E-state index is -0.642. The minimum absolute atomic E-state index is 0.207. The van der Waals surface area contributed by atoms with Gasteiger partial charge in [-0.05, 0) is 41.6 Å². The van der Waals surface area contributed by atoms with Crippen LogP contribution >= 0.6 is 11.3 Å². The van der Waals surface area contributed by atoms with E-state index < -0.39 is 6.29 Å². The number of ether oxygens (including phenoxy) is 2. The minimum Gasteiger partial charge on any atom is -0.453 e. The zero-order valence-corrected chi connectivity index (χ0v) is 17.5. The number of aromatic amines is 1. The molecule has 3 heterocycles. The fourth-order valence-corrected chi connectivity index (χ4v) is 4.24. The fourth-order valence-electron chi connectivity index (χ4n) is 3.42. The summed E-state index contributed by atoms with van der Waals surface area (Å²) in [5, 5.41) is 13.1. The smallest absolute Gasteiger partial charge is 0.269 e. The number of rotatable bonds is 5. The van der Waals surface area contributed by atoms with Crippen LogP contribution in [-0.4, -0.2) is 16.1 Å². The zero-order valence-electron chi connectivity index (χ0n) is 16.7. The Hall–Kier alpha value is -3.84. The van der Waals surface area contributed by atoms with Gasteiger partial charge < -0.3 is 9.47 Å². The third-order valence-corrected chi connectivity index (χ3v) is 6.02. The van der Waals surface area contributed by atoms with Gasteiger partial charge in [0.1, 0.15) is 6.26 Å². The van der Waals surface area contributed by atoms with Crippen molar-refractivity contribution in [3.05, 3.63) is 99.4 Å². The molecular weight excluding hydrogens is 410 g/mol. The van der Waals surface area contributed by atoms with Crippen LogP contribution in [0.5, 0.6) is 0 Å². The average molecular weight is 430 g/mol. The highest BCUT2D eigenvalue weighted by Crippen LogP contribution is 2.31. The molecule has 1 atom stereocenters. The van der Waals surface area contributed by atoms with Gasteiger partial charge in [-0.15, -0.1) is 11.3 Å². The van der Waals surface area contributed by atoms with Crippen molar-refractivity contribution in [3.8, 4) is 0 Å². The predicted octanol–water partition coefficient (Wildman–Crippen LogP) is 5.38. The summed E-state index contributed by atoms with van der Waals surface area (Å²) in [6.45, 7) is 1.90. The number of hydrogen-bond acceptors (Lipinski definition) is 5. The van der Waals surface area contributed by atoms with E-state index in [1.165, 1.54) is 17.6 Å². The van der Waals surface area contributed by atoms with Gasteiger partial charge >= 0.3 is 0 Å². The molecule has 31 heavy (non-hydrogen) atoms. The maximum absolute atomic E-state index is 12.4. The van der Waals surface area contributed by atoms with Crippen molar-refractivity contribution in [3.63, 3.8) is 0 Å². The lowest BCUT2D eigenvalue weighted by atomic mass is 10.1.